The Hall–Kier alpha value is -2.60. The lowest BCUT2D eigenvalue weighted by Gasteiger charge is -2.09. The molecule has 3 aromatic rings. The molecule has 0 aliphatic heterocycles. The van der Waals surface area contributed by atoms with Gasteiger partial charge in [0.25, 0.3) is 0 Å². The van der Waals surface area contributed by atoms with Crippen molar-refractivity contribution >= 4 is 47.1 Å². The van der Waals surface area contributed by atoms with Crippen LogP contribution >= 0.6 is 35.0 Å². The predicted octanol–water partition coefficient (Wildman–Crippen LogP) is 6.39. The van der Waals surface area contributed by atoms with Crippen molar-refractivity contribution in [3.8, 4) is 6.07 Å². The van der Waals surface area contributed by atoms with Crippen molar-refractivity contribution in [2.75, 3.05) is 0 Å². The highest BCUT2D eigenvalue weighted by Gasteiger charge is 2.32. The van der Waals surface area contributed by atoms with Crippen molar-refractivity contribution in [1.82, 2.24) is 15.0 Å². The second-order valence-electron chi connectivity index (χ2n) is 5.55. The largest absolute Gasteiger partial charge is 0.417 e. The van der Waals surface area contributed by atoms with Gasteiger partial charge in [-0.25, -0.2) is 15.0 Å². The topological polar surface area (TPSA) is 62.5 Å². The molecule has 146 valence electrons. The van der Waals surface area contributed by atoms with Gasteiger partial charge in [-0.15, -0.1) is 0 Å². The molecule has 0 N–H and O–H groups in total. The summed E-state index contributed by atoms with van der Waals surface area (Å²) in [6, 6.07) is 9.29. The Labute approximate surface area is 178 Å². The minimum atomic E-state index is -4.57. The third-order valence-corrected chi connectivity index (χ3v) is 5.01. The van der Waals surface area contributed by atoms with Gasteiger partial charge in [0, 0.05) is 22.4 Å². The van der Waals surface area contributed by atoms with Crippen molar-refractivity contribution in [3.63, 3.8) is 0 Å². The highest BCUT2D eigenvalue weighted by molar-refractivity contribution is 7.99. The first-order valence-corrected chi connectivity index (χ1v) is 9.45. The van der Waals surface area contributed by atoms with Crippen LogP contribution in [0.1, 0.15) is 22.5 Å². The number of hydrogen-bond donors (Lipinski definition) is 0. The summed E-state index contributed by atoms with van der Waals surface area (Å²) < 4.78 is 38.8. The molecule has 0 atom stereocenters. The zero-order valence-corrected chi connectivity index (χ0v) is 16.6. The van der Waals surface area contributed by atoms with Crippen LogP contribution in [0.4, 0.5) is 13.2 Å². The van der Waals surface area contributed by atoms with Crippen LogP contribution in [0.5, 0.6) is 0 Å². The summed E-state index contributed by atoms with van der Waals surface area (Å²) in [7, 11) is 0. The van der Waals surface area contributed by atoms with Crippen LogP contribution in [0.15, 0.2) is 52.8 Å². The molecule has 2 aromatic heterocycles. The quantitative estimate of drug-likeness (QED) is 0.429. The molecular formula is C19H9Cl2F3N4S. The molecule has 0 unspecified atom stereocenters. The van der Waals surface area contributed by atoms with Crippen molar-refractivity contribution in [2.45, 2.75) is 16.2 Å². The third-order valence-electron chi connectivity index (χ3n) is 3.54. The van der Waals surface area contributed by atoms with E-state index in [9.17, 15) is 13.2 Å². The van der Waals surface area contributed by atoms with E-state index in [-0.39, 0.29) is 15.7 Å². The number of hydrogen-bond acceptors (Lipinski definition) is 5. The number of alkyl halides is 3. The van der Waals surface area contributed by atoms with Gasteiger partial charge in [-0.3, -0.25) is 0 Å². The molecule has 0 saturated carbocycles. The van der Waals surface area contributed by atoms with Crippen LogP contribution in [-0.4, -0.2) is 15.0 Å². The van der Waals surface area contributed by atoms with Crippen LogP contribution < -0.4 is 0 Å². The molecular weight excluding hydrogens is 444 g/mol. The van der Waals surface area contributed by atoms with Gasteiger partial charge < -0.3 is 0 Å². The summed E-state index contributed by atoms with van der Waals surface area (Å²) in [5, 5.41) is 10.3. The van der Waals surface area contributed by atoms with Crippen LogP contribution in [0, 0.1) is 11.3 Å². The number of benzene rings is 1. The zero-order valence-electron chi connectivity index (χ0n) is 14.3. The SMILES string of the molecule is N#Cc1ncc(C(F)(F)F)cc1Sc1nccc(/C=C/c2ccc(Cl)cc2Cl)n1. The normalized spacial score (nSPS) is 11.6. The molecule has 0 bridgehead atoms. The molecule has 0 fully saturated rings. The summed E-state index contributed by atoms with van der Waals surface area (Å²) in [6.45, 7) is 0. The van der Waals surface area contributed by atoms with Gasteiger partial charge in [0.05, 0.1) is 16.2 Å². The lowest BCUT2D eigenvalue weighted by molar-refractivity contribution is -0.138. The standard InChI is InChI=1S/C19H9Cl2F3N4S/c20-13-3-1-11(15(21)8-13)2-4-14-5-6-26-18(28-14)29-17-7-12(19(22,23)24)10-27-16(17)9-25/h1-8,10H/b4-2+. The number of pyridine rings is 1. The van der Waals surface area contributed by atoms with E-state index in [2.05, 4.69) is 15.0 Å². The molecule has 3 rings (SSSR count). The Kier molecular flexibility index (Phi) is 6.42. The molecule has 0 amide bonds. The summed E-state index contributed by atoms with van der Waals surface area (Å²) >= 11 is 12.8. The van der Waals surface area contributed by atoms with E-state index in [0.29, 0.717) is 21.9 Å². The molecule has 0 aliphatic rings. The maximum Gasteiger partial charge on any atom is 0.417 e. The van der Waals surface area contributed by atoms with Crippen LogP contribution in [-0.2, 0) is 6.18 Å². The molecule has 0 aliphatic carbocycles. The number of nitriles is 1. The second kappa shape index (κ2) is 8.82. The lowest BCUT2D eigenvalue weighted by atomic mass is 10.2. The first kappa shape index (κ1) is 21.1. The summed E-state index contributed by atoms with van der Waals surface area (Å²) in [5.41, 5.74) is 0.137. The van der Waals surface area contributed by atoms with Gasteiger partial charge in [0.15, 0.2) is 10.9 Å². The van der Waals surface area contributed by atoms with Gasteiger partial charge in [0.1, 0.15) is 6.07 Å². The minimum Gasteiger partial charge on any atom is -0.244 e. The van der Waals surface area contributed by atoms with Crippen molar-refractivity contribution < 1.29 is 13.2 Å². The summed E-state index contributed by atoms with van der Waals surface area (Å²) in [5.74, 6) is 0. The van der Waals surface area contributed by atoms with Crippen LogP contribution in [0.25, 0.3) is 12.2 Å². The summed E-state index contributed by atoms with van der Waals surface area (Å²) in [4.78, 5) is 11.9. The Morgan fingerprint density at radius 1 is 1.07 bits per heavy atom. The third kappa shape index (κ3) is 5.48. The summed E-state index contributed by atoms with van der Waals surface area (Å²) in [6.07, 6.45) is 0.919. The Morgan fingerprint density at radius 3 is 2.55 bits per heavy atom. The fourth-order valence-electron chi connectivity index (χ4n) is 2.17. The van der Waals surface area contributed by atoms with E-state index in [0.717, 1.165) is 23.4 Å². The van der Waals surface area contributed by atoms with Gasteiger partial charge in [-0.2, -0.15) is 18.4 Å². The maximum absolute atomic E-state index is 12.9. The van der Waals surface area contributed by atoms with Gasteiger partial charge >= 0.3 is 6.18 Å². The molecule has 0 spiro atoms. The molecule has 10 heteroatoms. The minimum absolute atomic E-state index is 0.0178. The van der Waals surface area contributed by atoms with E-state index >= 15 is 0 Å². The first-order valence-electron chi connectivity index (χ1n) is 7.87. The Morgan fingerprint density at radius 2 is 1.86 bits per heavy atom. The van der Waals surface area contributed by atoms with Crippen LogP contribution in [0.2, 0.25) is 10.0 Å². The fraction of sp³-hybridized carbons (Fsp3) is 0.0526. The van der Waals surface area contributed by atoms with E-state index in [1.165, 1.54) is 6.20 Å². The van der Waals surface area contributed by atoms with E-state index < -0.39 is 11.7 Å². The lowest BCUT2D eigenvalue weighted by Crippen LogP contribution is -2.06. The Bertz CT molecular complexity index is 1130. The van der Waals surface area contributed by atoms with E-state index in [4.69, 9.17) is 28.5 Å². The molecule has 4 nitrogen and oxygen atoms in total. The number of rotatable bonds is 4. The number of aromatic nitrogens is 3. The number of nitrogens with zero attached hydrogens (tertiary/aromatic N) is 4. The molecule has 2 heterocycles. The monoisotopic (exact) mass is 452 g/mol. The maximum atomic E-state index is 12.9. The Balaban J connectivity index is 1.87. The van der Waals surface area contributed by atoms with Crippen molar-refractivity contribution in [3.05, 3.63) is 75.3 Å². The first-order chi connectivity index (χ1) is 13.8. The smallest absolute Gasteiger partial charge is 0.244 e. The average Bonchev–Trinajstić information content (AvgIpc) is 2.67. The van der Waals surface area contributed by atoms with Gasteiger partial charge in [-0.05, 0) is 47.7 Å². The number of halogens is 5. The fourth-order valence-corrected chi connectivity index (χ4v) is 3.48. The highest BCUT2D eigenvalue weighted by atomic mass is 35.5. The van der Waals surface area contributed by atoms with Gasteiger partial charge in [-0.1, -0.05) is 35.3 Å². The van der Waals surface area contributed by atoms with Crippen molar-refractivity contribution in [1.29, 1.82) is 5.26 Å². The highest BCUT2D eigenvalue weighted by Crippen LogP contribution is 2.34. The predicted molar refractivity (Wildman–Crippen MR) is 105 cm³/mol. The molecule has 1 aromatic carbocycles. The molecule has 0 radical (unpaired) electrons. The second-order valence-corrected chi connectivity index (χ2v) is 7.40. The van der Waals surface area contributed by atoms with E-state index in [1.54, 1.807) is 42.5 Å². The van der Waals surface area contributed by atoms with Crippen molar-refractivity contribution in [2.24, 2.45) is 0 Å². The van der Waals surface area contributed by atoms with E-state index in [1.807, 2.05) is 0 Å². The van der Waals surface area contributed by atoms with Gasteiger partial charge in [0.2, 0.25) is 0 Å². The molecule has 29 heavy (non-hydrogen) atoms. The zero-order chi connectivity index (χ0) is 21.0. The van der Waals surface area contributed by atoms with Crippen LogP contribution in [0.3, 0.4) is 0 Å². The average molecular weight is 453 g/mol. The molecule has 0 saturated heterocycles.